The van der Waals surface area contributed by atoms with Crippen molar-refractivity contribution in [3.8, 4) is 17.0 Å². The number of aromatic amines is 1. The topological polar surface area (TPSA) is 79.4 Å². The van der Waals surface area contributed by atoms with Gasteiger partial charge in [-0.05, 0) is 65.7 Å². The third kappa shape index (κ3) is 5.84. The third-order valence-electron chi connectivity index (χ3n) is 4.52. The molecule has 1 heterocycles. The Morgan fingerprint density at radius 3 is 2.62 bits per heavy atom. The molecule has 8 heteroatoms. The largest absolute Gasteiger partial charge is 0.489 e. The molecule has 0 atom stereocenters. The summed E-state index contributed by atoms with van der Waals surface area (Å²) >= 11 is 9.29. The van der Waals surface area contributed by atoms with E-state index in [-0.39, 0.29) is 5.91 Å². The molecule has 0 fully saturated rings. The molecule has 6 nitrogen and oxygen atoms in total. The number of carbonyl (C=O) groups is 1. The lowest BCUT2D eigenvalue weighted by atomic mass is 10.1. The van der Waals surface area contributed by atoms with Crippen molar-refractivity contribution >= 4 is 39.7 Å². The molecule has 0 aliphatic rings. The number of rotatable bonds is 7. The normalized spacial score (nSPS) is 10.9. The van der Waals surface area contributed by atoms with Crippen molar-refractivity contribution in [2.45, 2.75) is 6.61 Å². The molecule has 4 aromatic rings. The van der Waals surface area contributed by atoms with Gasteiger partial charge in [-0.3, -0.25) is 9.89 Å². The molecule has 0 radical (unpaired) electrons. The molecule has 32 heavy (non-hydrogen) atoms. The Morgan fingerprint density at radius 1 is 1.09 bits per heavy atom. The monoisotopic (exact) mass is 508 g/mol. The minimum absolute atomic E-state index is 0.314. The lowest BCUT2D eigenvalue weighted by molar-refractivity contribution is 0.0950. The molecule has 0 saturated carbocycles. The van der Waals surface area contributed by atoms with E-state index in [1.807, 2.05) is 72.8 Å². The van der Waals surface area contributed by atoms with Crippen LogP contribution in [-0.2, 0) is 6.61 Å². The molecule has 0 aliphatic heterocycles. The fourth-order valence-electron chi connectivity index (χ4n) is 2.87. The van der Waals surface area contributed by atoms with Crippen LogP contribution in [-0.4, -0.2) is 22.3 Å². The van der Waals surface area contributed by atoms with Crippen molar-refractivity contribution < 1.29 is 9.53 Å². The number of ether oxygens (including phenoxy) is 1. The minimum atomic E-state index is -0.377. The van der Waals surface area contributed by atoms with Crippen molar-refractivity contribution in [1.82, 2.24) is 15.6 Å². The number of hydrogen-bond acceptors (Lipinski definition) is 4. The predicted molar refractivity (Wildman–Crippen MR) is 129 cm³/mol. The molecule has 2 N–H and O–H groups in total. The van der Waals surface area contributed by atoms with Crippen LogP contribution in [0.4, 0.5) is 0 Å². The third-order valence-corrected chi connectivity index (χ3v) is 5.26. The Labute approximate surface area is 198 Å². The van der Waals surface area contributed by atoms with Crippen LogP contribution in [0.3, 0.4) is 0 Å². The second-order valence-corrected chi connectivity index (χ2v) is 8.21. The zero-order valence-electron chi connectivity index (χ0n) is 16.8. The van der Waals surface area contributed by atoms with Gasteiger partial charge in [-0.25, -0.2) is 5.43 Å². The van der Waals surface area contributed by atoms with E-state index in [1.165, 1.54) is 0 Å². The molecule has 0 spiro atoms. The summed E-state index contributed by atoms with van der Waals surface area (Å²) in [6.45, 7) is 0.448. The standard InChI is InChI=1S/C24H18BrClN4O2/c25-19-3-1-2-17(12-19)14-27-30-24(31)23-13-22(28-29-23)18-6-10-21(11-7-18)32-15-16-4-8-20(26)9-5-16/h1-14H,15H2,(H,28,29)(H,30,31). The van der Waals surface area contributed by atoms with Gasteiger partial charge in [-0.1, -0.05) is 51.8 Å². The highest BCUT2D eigenvalue weighted by molar-refractivity contribution is 9.10. The van der Waals surface area contributed by atoms with E-state index in [1.54, 1.807) is 12.3 Å². The zero-order chi connectivity index (χ0) is 22.3. The summed E-state index contributed by atoms with van der Waals surface area (Å²) in [5, 5.41) is 11.6. The van der Waals surface area contributed by atoms with Gasteiger partial charge in [0, 0.05) is 15.1 Å². The molecule has 4 rings (SSSR count). The fraction of sp³-hybridized carbons (Fsp3) is 0.0417. The Balaban J connectivity index is 1.34. The number of benzene rings is 3. The van der Waals surface area contributed by atoms with E-state index in [0.29, 0.717) is 23.0 Å². The number of hydrazone groups is 1. The van der Waals surface area contributed by atoms with Gasteiger partial charge in [-0.2, -0.15) is 10.2 Å². The zero-order valence-corrected chi connectivity index (χ0v) is 19.1. The van der Waals surface area contributed by atoms with Crippen LogP contribution < -0.4 is 10.2 Å². The molecule has 0 saturated heterocycles. The van der Waals surface area contributed by atoms with E-state index in [4.69, 9.17) is 16.3 Å². The summed E-state index contributed by atoms with van der Waals surface area (Å²) in [6.07, 6.45) is 1.57. The summed E-state index contributed by atoms with van der Waals surface area (Å²) in [5.74, 6) is 0.358. The maximum absolute atomic E-state index is 12.3. The quantitative estimate of drug-likeness (QED) is 0.243. The highest BCUT2D eigenvalue weighted by Gasteiger charge is 2.10. The minimum Gasteiger partial charge on any atom is -0.489 e. The number of halogens is 2. The first-order valence-corrected chi connectivity index (χ1v) is 10.9. The average Bonchev–Trinajstić information content (AvgIpc) is 3.30. The van der Waals surface area contributed by atoms with Crippen LogP contribution in [0.25, 0.3) is 11.3 Å². The molecule has 1 amide bonds. The van der Waals surface area contributed by atoms with E-state index >= 15 is 0 Å². The fourth-order valence-corrected chi connectivity index (χ4v) is 3.41. The maximum atomic E-state index is 12.3. The highest BCUT2D eigenvalue weighted by Crippen LogP contribution is 2.22. The number of hydrogen-bond donors (Lipinski definition) is 2. The van der Waals surface area contributed by atoms with Crippen LogP contribution in [0.1, 0.15) is 21.6 Å². The summed E-state index contributed by atoms with van der Waals surface area (Å²) in [6, 6.07) is 24.3. The molecule has 0 aliphatic carbocycles. The number of amides is 1. The van der Waals surface area contributed by atoms with Crippen LogP contribution in [0.15, 0.2) is 88.4 Å². The summed E-state index contributed by atoms with van der Waals surface area (Å²) in [4.78, 5) is 12.3. The molecule has 160 valence electrons. The average molecular weight is 510 g/mol. The Hall–Kier alpha value is -3.42. The van der Waals surface area contributed by atoms with E-state index in [9.17, 15) is 4.79 Å². The second-order valence-electron chi connectivity index (χ2n) is 6.86. The van der Waals surface area contributed by atoms with Gasteiger partial charge in [0.05, 0.1) is 11.9 Å². The van der Waals surface area contributed by atoms with Crippen LogP contribution >= 0.6 is 27.5 Å². The molecular weight excluding hydrogens is 492 g/mol. The first kappa shape index (κ1) is 21.8. The van der Waals surface area contributed by atoms with Crippen molar-refractivity contribution in [2.24, 2.45) is 5.10 Å². The molecule has 0 bridgehead atoms. The van der Waals surface area contributed by atoms with Crippen molar-refractivity contribution in [2.75, 3.05) is 0 Å². The van der Waals surface area contributed by atoms with Gasteiger partial charge in [0.1, 0.15) is 18.1 Å². The van der Waals surface area contributed by atoms with Gasteiger partial charge in [0.25, 0.3) is 5.91 Å². The first-order chi connectivity index (χ1) is 15.6. The highest BCUT2D eigenvalue weighted by atomic mass is 79.9. The summed E-state index contributed by atoms with van der Waals surface area (Å²) in [7, 11) is 0. The van der Waals surface area contributed by atoms with Crippen LogP contribution in [0, 0.1) is 0 Å². The van der Waals surface area contributed by atoms with Crippen molar-refractivity contribution in [3.63, 3.8) is 0 Å². The lowest BCUT2D eigenvalue weighted by Gasteiger charge is -2.07. The van der Waals surface area contributed by atoms with Crippen molar-refractivity contribution in [1.29, 1.82) is 0 Å². The number of nitrogens with zero attached hydrogens (tertiary/aromatic N) is 2. The Kier molecular flexibility index (Phi) is 6.99. The van der Waals surface area contributed by atoms with Gasteiger partial charge in [0.15, 0.2) is 0 Å². The summed E-state index contributed by atoms with van der Waals surface area (Å²) in [5.41, 5.74) is 6.21. The Bertz CT molecular complexity index is 1240. The van der Waals surface area contributed by atoms with Crippen LogP contribution in [0.2, 0.25) is 5.02 Å². The predicted octanol–water partition coefficient (Wildman–Crippen LogP) is 5.84. The van der Waals surface area contributed by atoms with Gasteiger partial charge in [0.2, 0.25) is 0 Å². The number of nitrogens with one attached hydrogen (secondary N) is 2. The molecule has 0 unspecified atom stereocenters. The van der Waals surface area contributed by atoms with Crippen molar-refractivity contribution in [3.05, 3.63) is 105 Å². The SMILES string of the molecule is O=C(NN=Cc1cccc(Br)c1)c1cc(-c2ccc(OCc3ccc(Cl)cc3)cc2)n[nH]1. The summed E-state index contributed by atoms with van der Waals surface area (Å²) < 4.78 is 6.74. The Morgan fingerprint density at radius 2 is 1.88 bits per heavy atom. The molecule has 3 aromatic carbocycles. The van der Waals surface area contributed by atoms with E-state index < -0.39 is 0 Å². The number of carbonyl (C=O) groups excluding carboxylic acids is 1. The van der Waals surface area contributed by atoms with E-state index in [0.717, 1.165) is 26.9 Å². The maximum Gasteiger partial charge on any atom is 0.289 e. The van der Waals surface area contributed by atoms with Crippen LogP contribution in [0.5, 0.6) is 5.75 Å². The van der Waals surface area contributed by atoms with E-state index in [2.05, 4.69) is 36.7 Å². The number of H-pyrrole nitrogens is 1. The van der Waals surface area contributed by atoms with Gasteiger partial charge < -0.3 is 4.74 Å². The molecule has 1 aromatic heterocycles. The first-order valence-electron chi connectivity index (χ1n) is 9.69. The smallest absolute Gasteiger partial charge is 0.289 e. The second kappa shape index (κ2) is 10.3. The lowest BCUT2D eigenvalue weighted by Crippen LogP contribution is -2.17. The molecular formula is C24H18BrClN4O2. The van der Waals surface area contributed by atoms with Gasteiger partial charge >= 0.3 is 0 Å². The number of aromatic nitrogens is 2. The van der Waals surface area contributed by atoms with Gasteiger partial charge in [-0.15, -0.1) is 0 Å².